The molecule has 1 atom stereocenters. The molecular weight excluding hydrogens is 226 g/mol. The highest BCUT2D eigenvalue weighted by atomic mass is 16.5. The van der Waals surface area contributed by atoms with Crippen molar-refractivity contribution in [3.63, 3.8) is 0 Å². The maximum atomic E-state index is 6.09. The lowest BCUT2D eigenvalue weighted by Crippen LogP contribution is -2.51. The summed E-state index contributed by atoms with van der Waals surface area (Å²) in [5.74, 6) is 0. The summed E-state index contributed by atoms with van der Waals surface area (Å²) in [6, 6.07) is 0.268. The zero-order valence-electron chi connectivity index (χ0n) is 12.6. The van der Waals surface area contributed by atoms with E-state index in [1.54, 1.807) is 7.11 Å². The molecule has 0 heterocycles. The van der Waals surface area contributed by atoms with Gasteiger partial charge in [0.1, 0.15) is 0 Å². The number of methoxy groups -OCH3 is 1. The van der Waals surface area contributed by atoms with Gasteiger partial charge in [0.2, 0.25) is 0 Å². The molecule has 108 valence electrons. The van der Waals surface area contributed by atoms with Crippen LogP contribution in [-0.4, -0.2) is 38.0 Å². The van der Waals surface area contributed by atoms with Gasteiger partial charge in [-0.1, -0.05) is 26.2 Å². The zero-order chi connectivity index (χ0) is 13.4. The van der Waals surface area contributed by atoms with Crippen molar-refractivity contribution in [2.45, 2.75) is 77.0 Å². The first-order valence-electron chi connectivity index (χ1n) is 7.50. The second-order valence-corrected chi connectivity index (χ2v) is 5.91. The molecule has 0 aliphatic heterocycles. The Morgan fingerprint density at radius 2 is 1.89 bits per heavy atom. The summed E-state index contributed by atoms with van der Waals surface area (Å²) in [4.78, 5) is 0. The van der Waals surface area contributed by atoms with Crippen LogP contribution >= 0.6 is 0 Å². The lowest BCUT2D eigenvalue weighted by atomic mass is 9.96. The largest absolute Gasteiger partial charge is 0.377 e. The van der Waals surface area contributed by atoms with Gasteiger partial charge in [-0.05, 0) is 39.7 Å². The maximum absolute atomic E-state index is 6.09. The fraction of sp³-hybridized carbons (Fsp3) is 1.00. The summed E-state index contributed by atoms with van der Waals surface area (Å²) < 4.78 is 11.7. The third-order valence-electron chi connectivity index (χ3n) is 4.06. The highest BCUT2D eigenvalue weighted by Gasteiger charge is 2.30. The molecule has 0 spiro atoms. The van der Waals surface area contributed by atoms with Crippen molar-refractivity contribution < 1.29 is 9.47 Å². The van der Waals surface area contributed by atoms with Crippen LogP contribution in [0.2, 0.25) is 0 Å². The molecule has 0 amide bonds. The van der Waals surface area contributed by atoms with Gasteiger partial charge in [0, 0.05) is 7.11 Å². The topological polar surface area (TPSA) is 30.5 Å². The molecule has 1 rings (SSSR count). The molecule has 1 aliphatic carbocycles. The summed E-state index contributed by atoms with van der Waals surface area (Å²) in [7, 11) is 1.78. The van der Waals surface area contributed by atoms with E-state index < -0.39 is 0 Å². The van der Waals surface area contributed by atoms with Gasteiger partial charge in [-0.25, -0.2) is 0 Å². The van der Waals surface area contributed by atoms with Crippen LogP contribution in [0.25, 0.3) is 0 Å². The Morgan fingerprint density at radius 3 is 2.44 bits per heavy atom. The van der Waals surface area contributed by atoms with Gasteiger partial charge in [-0.3, -0.25) is 0 Å². The average Bonchev–Trinajstić information content (AvgIpc) is 2.39. The van der Waals surface area contributed by atoms with E-state index in [0.29, 0.717) is 6.10 Å². The van der Waals surface area contributed by atoms with Crippen molar-refractivity contribution >= 4 is 0 Å². The monoisotopic (exact) mass is 257 g/mol. The zero-order valence-corrected chi connectivity index (χ0v) is 12.6. The molecule has 0 radical (unpaired) electrons. The van der Waals surface area contributed by atoms with E-state index in [4.69, 9.17) is 9.47 Å². The maximum Gasteiger partial charge on any atom is 0.0797 e. The highest BCUT2D eigenvalue weighted by molar-refractivity contribution is 4.85. The highest BCUT2D eigenvalue weighted by Crippen LogP contribution is 2.22. The van der Waals surface area contributed by atoms with E-state index in [1.165, 1.54) is 32.1 Å². The average molecular weight is 257 g/mol. The molecule has 1 N–H and O–H groups in total. The van der Waals surface area contributed by atoms with Gasteiger partial charge in [-0.15, -0.1) is 0 Å². The minimum atomic E-state index is -0.177. The number of nitrogens with one attached hydrogen (secondary N) is 1. The molecule has 0 aromatic carbocycles. The van der Waals surface area contributed by atoms with E-state index in [2.05, 4.69) is 26.1 Å². The smallest absolute Gasteiger partial charge is 0.0797 e. The lowest BCUT2D eigenvalue weighted by Gasteiger charge is -2.35. The Bertz CT molecular complexity index is 213. The Labute approximate surface area is 113 Å². The molecule has 1 unspecified atom stereocenters. The number of rotatable bonds is 8. The second kappa shape index (κ2) is 8.13. The van der Waals surface area contributed by atoms with Crippen LogP contribution in [0.15, 0.2) is 0 Å². The molecular formula is C15H31NO2. The van der Waals surface area contributed by atoms with Crippen molar-refractivity contribution in [2.24, 2.45) is 0 Å². The lowest BCUT2D eigenvalue weighted by molar-refractivity contribution is -0.0594. The predicted molar refractivity (Wildman–Crippen MR) is 76.0 cm³/mol. The molecule has 1 aliphatic rings. The molecule has 1 saturated carbocycles. The van der Waals surface area contributed by atoms with E-state index in [1.807, 2.05) is 0 Å². The molecule has 1 fully saturated rings. The quantitative estimate of drug-likeness (QED) is 0.724. The van der Waals surface area contributed by atoms with Crippen LogP contribution in [0, 0.1) is 0 Å². The van der Waals surface area contributed by atoms with Crippen LogP contribution in [0.5, 0.6) is 0 Å². The van der Waals surface area contributed by atoms with Crippen molar-refractivity contribution in [1.29, 1.82) is 0 Å². The van der Waals surface area contributed by atoms with Gasteiger partial charge in [0.05, 0.1) is 24.4 Å². The normalized spacial score (nSPS) is 20.0. The van der Waals surface area contributed by atoms with E-state index >= 15 is 0 Å². The summed E-state index contributed by atoms with van der Waals surface area (Å²) in [5, 5.41) is 3.55. The number of ether oxygens (including phenoxy) is 2. The Balaban J connectivity index is 2.39. The van der Waals surface area contributed by atoms with Gasteiger partial charge in [-0.2, -0.15) is 0 Å². The van der Waals surface area contributed by atoms with Gasteiger partial charge in [0.25, 0.3) is 0 Å². The first-order valence-corrected chi connectivity index (χ1v) is 7.50. The van der Waals surface area contributed by atoms with Crippen LogP contribution in [0.3, 0.4) is 0 Å². The number of hydrogen-bond acceptors (Lipinski definition) is 3. The van der Waals surface area contributed by atoms with Gasteiger partial charge >= 0.3 is 0 Å². The minimum Gasteiger partial charge on any atom is -0.377 e. The molecule has 3 nitrogen and oxygen atoms in total. The van der Waals surface area contributed by atoms with Crippen LogP contribution in [0.4, 0.5) is 0 Å². The number of hydrogen-bond donors (Lipinski definition) is 1. The van der Waals surface area contributed by atoms with Crippen molar-refractivity contribution in [3.8, 4) is 0 Å². The molecule has 0 bridgehead atoms. The van der Waals surface area contributed by atoms with Crippen molar-refractivity contribution in [1.82, 2.24) is 5.32 Å². The van der Waals surface area contributed by atoms with Crippen molar-refractivity contribution in [2.75, 3.05) is 20.3 Å². The van der Waals surface area contributed by atoms with E-state index in [9.17, 15) is 0 Å². The van der Waals surface area contributed by atoms with Gasteiger partial charge in [0.15, 0.2) is 0 Å². The summed E-state index contributed by atoms with van der Waals surface area (Å²) in [6.07, 6.45) is 8.09. The third kappa shape index (κ3) is 5.25. The van der Waals surface area contributed by atoms with Gasteiger partial charge < -0.3 is 14.8 Å². The molecule has 18 heavy (non-hydrogen) atoms. The van der Waals surface area contributed by atoms with Crippen molar-refractivity contribution in [3.05, 3.63) is 0 Å². The third-order valence-corrected chi connectivity index (χ3v) is 4.06. The first-order chi connectivity index (χ1) is 8.60. The summed E-state index contributed by atoms with van der Waals surface area (Å²) >= 11 is 0. The molecule has 0 saturated heterocycles. The van der Waals surface area contributed by atoms with Crippen LogP contribution in [0.1, 0.15) is 59.3 Å². The summed E-state index contributed by atoms with van der Waals surface area (Å²) in [5.41, 5.74) is -0.177. The van der Waals surface area contributed by atoms with Crippen LogP contribution < -0.4 is 5.32 Å². The minimum absolute atomic E-state index is 0.177. The Kier molecular flexibility index (Phi) is 7.20. The predicted octanol–water partition coefficient (Wildman–Crippen LogP) is 3.13. The fourth-order valence-corrected chi connectivity index (χ4v) is 2.43. The standard InChI is InChI=1S/C15H31NO2/c1-5-11-16-14(15(2,3)17-4)12-18-13-9-7-6-8-10-13/h13-14,16H,5-12H2,1-4H3. The summed E-state index contributed by atoms with van der Waals surface area (Å²) in [6.45, 7) is 8.22. The first kappa shape index (κ1) is 15.9. The van der Waals surface area contributed by atoms with E-state index in [0.717, 1.165) is 19.6 Å². The van der Waals surface area contributed by atoms with Crippen LogP contribution in [-0.2, 0) is 9.47 Å². The SMILES string of the molecule is CCCNC(COC1CCCCC1)C(C)(C)OC. The molecule has 0 aromatic rings. The molecule has 0 aromatic heterocycles. The Hall–Kier alpha value is -0.120. The van der Waals surface area contributed by atoms with E-state index in [-0.39, 0.29) is 11.6 Å². The molecule has 3 heteroatoms. The fourth-order valence-electron chi connectivity index (χ4n) is 2.43. The second-order valence-electron chi connectivity index (χ2n) is 5.91. The Morgan fingerprint density at radius 1 is 1.22 bits per heavy atom.